The van der Waals surface area contributed by atoms with Crippen LogP contribution < -0.4 is 15.4 Å². The predicted octanol–water partition coefficient (Wildman–Crippen LogP) is 3.74. The molecule has 0 spiro atoms. The van der Waals surface area contributed by atoms with Crippen molar-refractivity contribution in [3.63, 3.8) is 0 Å². The van der Waals surface area contributed by atoms with Gasteiger partial charge in [-0.1, -0.05) is 30.9 Å². The molecule has 2 aromatic rings. The first-order valence-corrected chi connectivity index (χ1v) is 12.6. The molecule has 2 aliphatic rings. The molecule has 0 N–H and O–H groups in total. The number of rotatable bonds is 5. The monoisotopic (exact) mass is 511 g/mol. The van der Waals surface area contributed by atoms with Crippen LogP contribution in [0.1, 0.15) is 30.0 Å². The average molecular weight is 512 g/mol. The van der Waals surface area contributed by atoms with Crippen LogP contribution in [0.2, 0.25) is 0 Å². The Hall–Kier alpha value is -3.16. The van der Waals surface area contributed by atoms with Gasteiger partial charge in [0.15, 0.2) is 0 Å². The number of pyridine rings is 1. The number of amides is 1. The Bertz CT molecular complexity index is 1310. The summed E-state index contributed by atoms with van der Waals surface area (Å²) >= 11 is 6.51. The number of piperazine rings is 1. The van der Waals surface area contributed by atoms with Crippen molar-refractivity contribution >= 4 is 51.8 Å². The van der Waals surface area contributed by atoms with E-state index < -0.39 is 0 Å². The Morgan fingerprint density at radius 1 is 1.14 bits per heavy atom. The van der Waals surface area contributed by atoms with E-state index in [1.807, 2.05) is 6.92 Å². The maximum Gasteiger partial charge on any atom is 0.270 e. The minimum atomic E-state index is -0.317. The first-order chi connectivity index (χ1) is 16.8. The number of carbonyl (C=O) groups is 1. The number of carbonyl (C=O) groups excluding carboxylic acids is 1. The first-order valence-electron chi connectivity index (χ1n) is 11.4. The fraction of sp³-hybridized carbons (Fsp3) is 0.360. The fourth-order valence-corrected chi connectivity index (χ4v) is 5.58. The third-order valence-corrected chi connectivity index (χ3v) is 7.81. The second-order valence-electron chi connectivity index (χ2n) is 8.50. The number of likely N-dealkylation sites (N-methyl/N-ethyl adjacent to an activating group) is 1. The predicted molar refractivity (Wildman–Crippen MR) is 142 cm³/mol. The molecule has 35 heavy (non-hydrogen) atoms. The highest BCUT2D eigenvalue weighted by atomic mass is 32.2. The van der Waals surface area contributed by atoms with Gasteiger partial charge in [0.2, 0.25) is 0 Å². The summed E-state index contributed by atoms with van der Waals surface area (Å²) in [5.74, 6) is 0.248. The molecule has 2 saturated heterocycles. The number of aromatic nitrogens is 1. The largest absolute Gasteiger partial charge is 0.368 e. The summed E-state index contributed by atoms with van der Waals surface area (Å²) in [6, 6.07) is 8.51. The van der Waals surface area contributed by atoms with Gasteiger partial charge in [-0.25, -0.2) is 4.39 Å². The highest BCUT2D eigenvalue weighted by Gasteiger charge is 2.31. The highest BCUT2D eigenvalue weighted by molar-refractivity contribution is 8.26. The quantitative estimate of drug-likeness (QED) is 0.447. The van der Waals surface area contributed by atoms with Gasteiger partial charge in [-0.15, -0.1) is 0 Å². The van der Waals surface area contributed by atoms with Crippen LogP contribution in [0.4, 0.5) is 15.9 Å². The Morgan fingerprint density at radius 2 is 1.77 bits per heavy atom. The lowest BCUT2D eigenvalue weighted by Gasteiger charge is -2.39. The molecule has 0 aliphatic carbocycles. The van der Waals surface area contributed by atoms with Gasteiger partial charge < -0.3 is 9.80 Å². The normalized spacial score (nSPS) is 17.5. The number of hydrogen-bond acceptors (Lipinski definition) is 7. The molecule has 4 rings (SSSR count). The van der Waals surface area contributed by atoms with E-state index in [0.29, 0.717) is 65.3 Å². The molecule has 0 bridgehead atoms. The molecule has 0 radical (unpaired) electrons. The molecule has 2 aliphatic heterocycles. The Balaban J connectivity index is 1.79. The lowest BCUT2D eigenvalue weighted by Crippen LogP contribution is -2.48. The fourth-order valence-electron chi connectivity index (χ4n) is 4.42. The Morgan fingerprint density at radius 3 is 2.31 bits per heavy atom. The van der Waals surface area contributed by atoms with E-state index in [-0.39, 0.29) is 22.8 Å². The van der Waals surface area contributed by atoms with E-state index in [1.165, 1.54) is 28.8 Å². The smallest absolute Gasteiger partial charge is 0.270 e. The highest BCUT2D eigenvalue weighted by Crippen LogP contribution is 2.35. The zero-order chi connectivity index (χ0) is 25.3. The lowest BCUT2D eigenvalue weighted by molar-refractivity contribution is -0.121. The maximum atomic E-state index is 13.4. The van der Waals surface area contributed by atoms with Gasteiger partial charge in [0.25, 0.3) is 11.5 Å². The van der Waals surface area contributed by atoms with Crippen molar-refractivity contribution in [1.29, 1.82) is 5.26 Å². The molecule has 3 heterocycles. The molecule has 10 heteroatoms. The van der Waals surface area contributed by atoms with E-state index in [1.54, 1.807) is 36.7 Å². The van der Waals surface area contributed by atoms with Crippen LogP contribution in [0.25, 0.3) is 6.08 Å². The van der Waals surface area contributed by atoms with E-state index >= 15 is 0 Å². The van der Waals surface area contributed by atoms with Gasteiger partial charge >= 0.3 is 0 Å². The summed E-state index contributed by atoms with van der Waals surface area (Å²) in [5.41, 5.74) is 1.97. The Kier molecular flexibility index (Phi) is 7.28. The average Bonchev–Trinajstić information content (AvgIpc) is 3.09. The molecular weight excluding hydrogens is 485 g/mol. The number of anilines is 2. The van der Waals surface area contributed by atoms with Crippen molar-refractivity contribution in [3.8, 4) is 6.07 Å². The molecule has 182 valence electrons. The summed E-state index contributed by atoms with van der Waals surface area (Å²) in [7, 11) is 1.64. The number of thiocarbonyl (C=S) groups is 1. The van der Waals surface area contributed by atoms with Crippen LogP contribution in [0.5, 0.6) is 0 Å². The van der Waals surface area contributed by atoms with Gasteiger partial charge in [0.1, 0.15) is 27.6 Å². The van der Waals surface area contributed by atoms with Crippen molar-refractivity contribution in [1.82, 2.24) is 9.47 Å². The topological polar surface area (TPSA) is 72.6 Å². The number of hydrogen-bond donors (Lipinski definition) is 0. The summed E-state index contributed by atoms with van der Waals surface area (Å²) in [4.78, 5) is 32.3. The molecule has 1 amide bonds. The summed E-state index contributed by atoms with van der Waals surface area (Å²) in [6.07, 6.45) is 2.49. The van der Waals surface area contributed by atoms with Crippen molar-refractivity contribution in [2.45, 2.75) is 26.8 Å². The summed E-state index contributed by atoms with van der Waals surface area (Å²) < 4.78 is 15.5. The van der Waals surface area contributed by atoms with Crippen molar-refractivity contribution in [2.75, 3.05) is 43.0 Å². The molecule has 0 atom stereocenters. The van der Waals surface area contributed by atoms with Crippen LogP contribution in [-0.4, -0.2) is 52.9 Å². The summed E-state index contributed by atoms with van der Waals surface area (Å²) in [5, 5.41) is 9.76. The van der Waals surface area contributed by atoms with Crippen molar-refractivity contribution < 1.29 is 9.18 Å². The number of benzene rings is 1. The summed E-state index contributed by atoms with van der Waals surface area (Å²) in [6.45, 7) is 6.81. The number of halogens is 1. The minimum absolute atomic E-state index is 0.0883. The van der Waals surface area contributed by atoms with Gasteiger partial charge in [0, 0.05) is 51.0 Å². The second-order valence-corrected chi connectivity index (χ2v) is 10.2. The minimum Gasteiger partial charge on any atom is -0.368 e. The number of nitriles is 1. The van der Waals surface area contributed by atoms with Crippen molar-refractivity contribution in [2.24, 2.45) is 0 Å². The van der Waals surface area contributed by atoms with Crippen LogP contribution >= 0.6 is 24.0 Å². The van der Waals surface area contributed by atoms with E-state index in [0.717, 1.165) is 5.69 Å². The van der Waals surface area contributed by atoms with Crippen LogP contribution in [-0.2, 0) is 11.3 Å². The molecule has 1 aromatic heterocycles. The molecule has 0 saturated carbocycles. The van der Waals surface area contributed by atoms with Gasteiger partial charge in [-0.2, -0.15) is 5.26 Å². The van der Waals surface area contributed by atoms with Gasteiger partial charge in [0.05, 0.1) is 4.91 Å². The van der Waals surface area contributed by atoms with Gasteiger partial charge in [-0.3, -0.25) is 19.1 Å². The van der Waals surface area contributed by atoms with Crippen molar-refractivity contribution in [3.05, 3.63) is 62.0 Å². The second kappa shape index (κ2) is 10.2. The third-order valence-electron chi connectivity index (χ3n) is 6.33. The zero-order valence-corrected chi connectivity index (χ0v) is 21.5. The van der Waals surface area contributed by atoms with E-state index in [4.69, 9.17) is 12.2 Å². The molecule has 0 unspecified atom stereocenters. The molecule has 2 fully saturated rings. The van der Waals surface area contributed by atoms with Gasteiger partial charge in [-0.05, 0) is 49.2 Å². The standard InChI is InChI=1S/C25H26FN5O2S2/c1-4-9-31-22(30-12-10-29(11-13-30)18-7-5-17(26)6-8-18)19(16(2)20(15-27)23(31)32)14-21-24(33)28(3)25(34)35-21/h5-8,14H,4,9-13H2,1-3H3. The van der Waals surface area contributed by atoms with E-state index in [2.05, 4.69) is 15.9 Å². The van der Waals surface area contributed by atoms with Crippen LogP contribution in [0.15, 0.2) is 34.0 Å². The van der Waals surface area contributed by atoms with Crippen LogP contribution in [0, 0.1) is 24.1 Å². The Labute approximate surface area is 213 Å². The zero-order valence-electron chi connectivity index (χ0n) is 19.9. The molecular formula is C25H26FN5O2S2. The first kappa shape index (κ1) is 24.9. The number of nitrogens with zero attached hydrogens (tertiary/aromatic N) is 5. The maximum absolute atomic E-state index is 13.4. The van der Waals surface area contributed by atoms with Crippen LogP contribution in [0.3, 0.4) is 0 Å². The molecule has 1 aromatic carbocycles. The molecule has 7 nitrogen and oxygen atoms in total. The third kappa shape index (κ3) is 4.70. The SMILES string of the molecule is CCCn1c(N2CCN(c3ccc(F)cc3)CC2)c(C=C2SC(=S)N(C)C2=O)c(C)c(C#N)c1=O. The van der Waals surface area contributed by atoms with E-state index in [9.17, 15) is 19.2 Å². The number of thioether (sulfide) groups is 1. The lowest BCUT2D eigenvalue weighted by atomic mass is 10.0.